The maximum atomic E-state index is 8.92. The van der Waals surface area contributed by atoms with E-state index in [4.69, 9.17) is 20.7 Å². The van der Waals surface area contributed by atoms with Crippen LogP contribution in [0.25, 0.3) is 22.5 Å². The van der Waals surface area contributed by atoms with Crippen molar-refractivity contribution in [3.63, 3.8) is 0 Å². The summed E-state index contributed by atoms with van der Waals surface area (Å²) in [4.78, 5) is 16.1. The van der Waals surface area contributed by atoms with Gasteiger partial charge in [0, 0.05) is 35.9 Å². The first-order chi connectivity index (χ1) is 15.7. The van der Waals surface area contributed by atoms with Crippen molar-refractivity contribution < 1.29 is 10.2 Å². The third kappa shape index (κ3) is 5.35. The Morgan fingerprint density at radius 1 is 0.562 bits per heavy atom. The van der Waals surface area contributed by atoms with E-state index in [2.05, 4.69) is 19.9 Å². The van der Waals surface area contributed by atoms with Crippen LogP contribution in [0, 0.1) is 22.7 Å². The number of aromatic nitrogens is 4. The van der Waals surface area contributed by atoms with Crippen LogP contribution in [0.15, 0.2) is 73.3 Å². The lowest BCUT2D eigenvalue weighted by molar-refractivity contribution is 0.281. The van der Waals surface area contributed by atoms with E-state index in [0.717, 1.165) is 22.3 Å². The molecule has 2 N–H and O–H groups in total. The van der Waals surface area contributed by atoms with Crippen molar-refractivity contribution in [1.29, 1.82) is 10.5 Å². The Balaban J connectivity index is 0.000000181. The fraction of sp³-hybridized carbons (Fsp3) is 0.0833. The number of aliphatic hydroxyl groups excluding tert-OH is 2. The van der Waals surface area contributed by atoms with Crippen LogP contribution in [0.1, 0.15) is 22.5 Å². The van der Waals surface area contributed by atoms with Crippen molar-refractivity contribution in [1.82, 2.24) is 19.9 Å². The highest BCUT2D eigenvalue weighted by molar-refractivity contribution is 5.65. The predicted molar refractivity (Wildman–Crippen MR) is 116 cm³/mol. The molecular weight excluding hydrogens is 404 g/mol. The minimum Gasteiger partial charge on any atom is -0.392 e. The standard InChI is InChI=1S/2C12H9N3O/c2*13-7-11-12(15-6-5-14-11)10-3-1-9(8-16)2-4-10/h2*1-6,16H,8H2. The molecule has 2 heterocycles. The summed E-state index contributed by atoms with van der Waals surface area (Å²) in [6, 6.07) is 18.4. The number of nitrogens with zero attached hydrogens (tertiary/aromatic N) is 6. The Hall–Kier alpha value is -4.50. The molecule has 156 valence electrons. The zero-order chi connectivity index (χ0) is 22.8. The van der Waals surface area contributed by atoms with Crippen molar-refractivity contribution in [2.75, 3.05) is 0 Å². The molecule has 0 amide bonds. The SMILES string of the molecule is N#Cc1nccnc1-c1ccc(CO)cc1.N#Cc1nccnc1-c1ccc(CO)cc1. The van der Waals surface area contributed by atoms with Gasteiger partial charge in [0.25, 0.3) is 0 Å². The molecule has 4 aromatic rings. The second-order valence-electron chi connectivity index (χ2n) is 6.44. The van der Waals surface area contributed by atoms with Gasteiger partial charge >= 0.3 is 0 Å². The van der Waals surface area contributed by atoms with Crippen molar-refractivity contribution >= 4 is 0 Å². The summed E-state index contributed by atoms with van der Waals surface area (Å²) in [5.74, 6) is 0. The fourth-order valence-corrected chi connectivity index (χ4v) is 2.80. The number of nitriles is 2. The summed E-state index contributed by atoms with van der Waals surface area (Å²) in [7, 11) is 0. The van der Waals surface area contributed by atoms with Crippen LogP contribution in [0.5, 0.6) is 0 Å². The van der Waals surface area contributed by atoms with Crippen LogP contribution in [0.4, 0.5) is 0 Å². The number of hydrogen-bond acceptors (Lipinski definition) is 8. The molecule has 0 saturated heterocycles. The lowest BCUT2D eigenvalue weighted by Gasteiger charge is -2.02. The topological polar surface area (TPSA) is 140 Å². The van der Waals surface area contributed by atoms with Gasteiger partial charge in [-0.1, -0.05) is 48.5 Å². The maximum absolute atomic E-state index is 8.92. The van der Waals surface area contributed by atoms with Crippen molar-refractivity contribution in [3.8, 4) is 34.7 Å². The molecule has 0 atom stereocenters. The summed E-state index contributed by atoms with van der Waals surface area (Å²) in [5, 5.41) is 35.6. The summed E-state index contributed by atoms with van der Waals surface area (Å²) >= 11 is 0. The molecule has 0 spiro atoms. The molecule has 0 bridgehead atoms. The van der Waals surface area contributed by atoms with Crippen LogP contribution in [-0.4, -0.2) is 30.1 Å². The zero-order valence-electron chi connectivity index (χ0n) is 16.9. The molecule has 0 unspecified atom stereocenters. The first-order valence-corrected chi connectivity index (χ1v) is 9.52. The molecule has 32 heavy (non-hydrogen) atoms. The van der Waals surface area contributed by atoms with Gasteiger partial charge < -0.3 is 10.2 Å². The normalized spacial score (nSPS) is 9.75. The predicted octanol–water partition coefficient (Wildman–Crippen LogP) is 3.02. The lowest BCUT2D eigenvalue weighted by Crippen LogP contribution is -1.92. The number of benzene rings is 2. The van der Waals surface area contributed by atoms with Crippen LogP contribution in [0.3, 0.4) is 0 Å². The Labute approximate surface area is 184 Å². The van der Waals surface area contributed by atoms with Crippen molar-refractivity contribution in [3.05, 3.63) is 95.8 Å². The van der Waals surface area contributed by atoms with Crippen molar-refractivity contribution in [2.45, 2.75) is 13.2 Å². The van der Waals surface area contributed by atoms with Crippen molar-refractivity contribution in [2.24, 2.45) is 0 Å². The van der Waals surface area contributed by atoms with E-state index in [1.807, 2.05) is 36.4 Å². The van der Waals surface area contributed by atoms with Gasteiger partial charge in [-0.2, -0.15) is 10.5 Å². The molecular formula is C24H18N6O2. The highest BCUT2D eigenvalue weighted by Gasteiger charge is 2.07. The molecule has 2 aromatic carbocycles. The molecule has 0 saturated carbocycles. The summed E-state index contributed by atoms with van der Waals surface area (Å²) in [6.07, 6.45) is 6.08. The number of aliphatic hydroxyl groups is 2. The average Bonchev–Trinajstić information content (AvgIpc) is 2.89. The maximum Gasteiger partial charge on any atom is 0.166 e. The van der Waals surface area contributed by atoms with E-state index in [-0.39, 0.29) is 13.2 Å². The first-order valence-electron chi connectivity index (χ1n) is 9.52. The second-order valence-corrected chi connectivity index (χ2v) is 6.44. The molecule has 8 nitrogen and oxygen atoms in total. The smallest absolute Gasteiger partial charge is 0.166 e. The highest BCUT2D eigenvalue weighted by atomic mass is 16.3. The molecule has 0 radical (unpaired) electrons. The Kier molecular flexibility index (Phi) is 7.66. The largest absolute Gasteiger partial charge is 0.392 e. The monoisotopic (exact) mass is 422 g/mol. The van der Waals surface area contributed by atoms with Crippen LogP contribution < -0.4 is 0 Å². The van der Waals surface area contributed by atoms with Gasteiger partial charge in [0.05, 0.1) is 13.2 Å². The summed E-state index contributed by atoms with van der Waals surface area (Å²) in [6.45, 7) is 0.0116. The van der Waals surface area contributed by atoms with Gasteiger partial charge in [0.15, 0.2) is 11.4 Å². The minimum absolute atomic E-state index is 0.00581. The Bertz CT molecular complexity index is 1160. The van der Waals surface area contributed by atoms with Gasteiger partial charge in [-0.05, 0) is 11.1 Å². The van der Waals surface area contributed by atoms with Gasteiger partial charge in [-0.15, -0.1) is 0 Å². The zero-order valence-corrected chi connectivity index (χ0v) is 16.9. The number of hydrogen-bond donors (Lipinski definition) is 2. The molecule has 8 heteroatoms. The van der Waals surface area contributed by atoms with E-state index in [9.17, 15) is 0 Å². The molecule has 0 aliphatic heterocycles. The quantitative estimate of drug-likeness (QED) is 0.511. The van der Waals surface area contributed by atoms with Crippen LogP contribution in [0.2, 0.25) is 0 Å². The van der Waals surface area contributed by atoms with E-state index < -0.39 is 0 Å². The van der Waals surface area contributed by atoms with Gasteiger partial charge in [-0.25, -0.2) is 9.97 Å². The third-order valence-corrected chi connectivity index (χ3v) is 4.43. The fourth-order valence-electron chi connectivity index (χ4n) is 2.80. The van der Waals surface area contributed by atoms with E-state index in [0.29, 0.717) is 22.8 Å². The Morgan fingerprint density at radius 2 is 0.906 bits per heavy atom. The van der Waals surface area contributed by atoms with E-state index in [1.165, 1.54) is 12.4 Å². The molecule has 4 rings (SSSR count). The third-order valence-electron chi connectivity index (χ3n) is 4.43. The Morgan fingerprint density at radius 3 is 1.22 bits per heavy atom. The van der Waals surface area contributed by atoms with Gasteiger partial charge in [-0.3, -0.25) is 9.97 Å². The van der Waals surface area contributed by atoms with E-state index in [1.54, 1.807) is 36.7 Å². The second kappa shape index (κ2) is 11.0. The summed E-state index contributed by atoms with van der Waals surface area (Å²) in [5.41, 5.74) is 5.03. The average molecular weight is 422 g/mol. The molecule has 0 aliphatic carbocycles. The summed E-state index contributed by atoms with van der Waals surface area (Å²) < 4.78 is 0. The van der Waals surface area contributed by atoms with Crippen LogP contribution in [-0.2, 0) is 13.2 Å². The van der Waals surface area contributed by atoms with Gasteiger partial charge in [0.2, 0.25) is 0 Å². The van der Waals surface area contributed by atoms with E-state index >= 15 is 0 Å². The van der Waals surface area contributed by atoms with Crippen LogP contribution >= 0.6 is 0 Å². The number of rotatable bonds is 4. The first kappa shape index (κ1) is 22.2. The highest BCUT2D eigenvalue weighted by Crippen LogP contribution is 2.20. The lowest BCUT2D eigenvalue weighted by atomic mass is 10.1. The molecule has 0 fully saturated rings. The minimum atomic E-state index is 0.00581. The van der Waals surface area contributed by atoms with Gasteiger partial charge in [0.1, 0.15) is 23.5 Å². The molecule has 2 aromatic heterocycles. The molecule has 0 aliphatic rings.